The van der Waals surface area contributed by atoms with E-state index in [1.54, 1.807) is 4.90 Å². The van der Waals surface area contributed by atoms with Crippen molar-refractivity contribution in [1.29, 1.82) is 0 Å². The van der Waals surface area contributed by atoms with E-state index in [1.807, 2.05) is 30.3 Å². The van der Waals surface area contributed by atoms with Crippen molar-refractivity contribution in [3.63, 3.8) is 0 Å². The van der Waals surface area contributed by atoms with Gasteiger partial charge in [-0.3, -0.25) is 4.90 Å². The number of rotatable bonds is 4. The SMILES string of the molecule is O=C(Nc1ccc(F)cc1F)N1CC2CN(Cc3c(-c4ccc(Br)cc4)nc4ccccn34)CC2C1. The maximum absolute atomic E-state index is 14.0. The fourth-order valence-corrected chi connectivity index (χ4v) is 5.68. The van der Waals surface area contributed by atoms with Gasteiger partial charge in [-0.1, -0.05) is 34.1 Å². The van der Waals surface area contributed by atoms with Crippen LogP contribution in [0.4, 0.5) is 19.3 Å². The Bertz CT molecular complexity index is 1430. The zero-order chi connectivity index (χ0) is 24.8. The molecule has 9 heteroatoms. The van der Waals surface area contributed by atoms with Gasteiger partial charge in [-0.2, -0.15) is 0 Å². The number of amides is 2. The molecule has 1 N–H and O–H groups in total. The first-order valence-corrected chi connectivity index (χ1v) is 12.7. The highest BCUT2D eigenvalue weighted by atomic mass is 79.9. The molecule has 36 heavy (non-hydrogen) atoms. The summed E-state index contributed by atoms with van der Waals surface area (Å²) in [6, 6.07) is 17.1. The third-order valence-electron chi connectivity index (χ3n) is 7.14. The molecule has 0 radical (unpaired) electrons. The van der Waals surface area contributed by atoms with Crippen molar-refractivity contribution < 1.29 is 13.6 Å². The number of aromatic nitrogens is 2. The fraction of sp³-hybridized carbons (Fsp3) is 0.259. The molecular weight excluding hydrogens is 528 g/mol. The number of nitrogens with zero attached hydrogens (tertiary/aromatic N) is 4. The molecule has 2 aliphatic heterocycles. The van der Waals surface area contributed by atoms with Crippen molar-refractivity contribution in [3.8, 4) is 11.3 Å². The molecule has 2 aromatic heterocycles. The Kier molecular flexibility index (Phi) is 5.97. The van der Waals surface area contributed by atoms with Crippen molar-refractivity contribution in [1.82, 2.24) is 19.2 Å². The quantitative estimate of drug-likeness (QED) is 0.357. The van der Waals surface area contributed by atoms with Gasteiger partial charge in [0, 0.05) is 55.0 Å². The second-order valence-electron chi connectivity index (χ2n) is 9.52. The third-order valence-corrected chi connectivity index (χ3v) is 7.67. The molecule has 2 unspecified atom stereocenters. The molecule has 0 saturated carbocycles. The van der Waals surface area contributed by atoms with Crippen molar-refractivity contribution in [2.45, 2.75) is 6.54 Å². The summed E-state index contributed by atoms with van der Waals surface area (Å²) in [7, 11) is 0. The highest BCUT2D eigenvalue weighted by molar-refractivity contribution is 9.10. The molecule has 0 bridgehead atoms. The van der Waals surface area contributed by atoms with E-state index < -0.39 is 11.6 Å². The summed E-state index contributed by atoms with van der Waals surface area (Å²) in [5.74, 6) is -0.743. The predicted molar refractivity (Wildman–Crippen MR) is 138 cm³/mol. The largest absolute Gasteiger partial charge is 0.324 e. The van der Waals surface area contributed by atoms with Crippen molar-refractivity contribution in [2.75, 3.05) is 31.5 Å². The second kappa shape index (κ2) is 9.29. The molecule has 6 nitrogen and oxygen atoms in total. The lowest BCUT2D eigenvalue weighted by Crippen LogP contribution is -2.36. The van der Waals surface area contributed by atoms with Gasteiger partial charge in [0.1, 0.15) is 17.3 Å². The molecule has 2 aliphatic rings. The van der Waals surface area contributed by atoms with Gasteiger partial charge in [-0.25, -0.2) is 18.6 Å². The maximum Gasteiger partial charge on any atom is 0.321 e. The summed E-state index contributed by atoms with van der Waals surface area (Å²) in [5, 5.41) is 2.58. The molecule has 2 fully saturated rings. The van der Waals surface area contributed by atoms with E-state index >= 15 is 0 Å². The minimum absolute atomic E-state index is 0.00633. The summed E-state index contributed by atoms with van der Waals surface area (Å²) < 4.78 is 30.3. The van der Waals surface area contributed by atoms with Crippen LogP contribution in [0, 0.1) is 23.5 Å². The van der Waals surface area contributed by atoms with Gasteiger partial charge >= 0.3 is 6.03 Å². The molecule has 2 aromatic carbocycles. The summed E-state index contributed by atoms with van der Waals surface area (Å²) in [6.45, 7) is 3.74. The normalized spacial score (nSPS) is 19.7. The van der Waals surface area contributed by atoms with E-state index in [1.165, 1.54) is 6.07 Å². The first-order valence-electron chi connectivity index (χ1n) is 11.9. The molecule has 2 amide bonds. The first-order chi connectivity index (χ1) is 17.4. The number of likely N-dealkylation sites (tertiary alicyclic amines) is 2. The zero-order valence-electron chi connectivity index (χ0n) is 19.4. The number of anilines is 1. The lowest BCUT2D eigenvalue weighted by Gasteiger charge is -2.22. The molecule has 2 atom stereocenters. The van der Waals surface area contributed by atoms with E-state index in [4.69, 9.17) is 4.98 Å². The number of hydrogen-bond donors (Lipinski definition) is 1. The summed E-state index contributed by atoms with van der Waals surface area (Å²) >= 11 is 3.51. The summed E-state index contributed by atoms with van der Waals surface area (Å²) in [5.41, 5.74) is 4.11. The van der Waals surface area contributed by atoms with E-state index in [0.717, 1.165) is 58.8 Å². The highest BCUT2D eigenvalue weighted by Crippen LogP contribution is 2.34. The van der Waals surface area contributed by atoms with Gasteiger partial charge in [-0.05, 0) is 48.2 Å². The summed E-state index contributed by atoms with van der Waals surface area (Å²) in [4.78, 5) is 21.8. The van der Waals surface area contributed by atoms with Gasteiger partial charge in [-0.15, -0.1) is 0 Å². The average Bonchev–Trinajstić information content (AvgIpc) is 3.54. The number of carbonyl (C=O) groups excluding carboxylic acids is 1. The van der Waals surface area contributed by atoms with Gasteiger partial charge in [0.15, 0.2) is 0 Å². The van der Waals surface area contributed by atoms with Crippen LogP contribution >= 0.6 is 15.9 Å². The molecule has 2 saturated heterocycles. The number of pyridine rings is 1. The average molecular weight is 552 g/mol. The van der Waals surface area contributed by atoms with Gasteiger partial charge in [0.25, 0.3) is 0 Å². The lowest BCUT2D eigenvalue weighted by molar-refractivity contribution is 0.211. The van der Waals surface area contributed by atoms with Crippen LogP contribution in [-0.4, -0.2) is 51.4 Å². The Morgan fingerprint density at radius 1 is 1.00 bits per heavy atom. The maximum atomic E-state index is 14.0. The van der Waals surface area contributed by atoms with Crippen LogP contribution in [0.15, 0.2) is 71.3 Å². The Labute approximate surface area is 215 Å². The van der Waals surface area contributed by atoms with Crippen LogP contribution in [0.1, 0.15) is 5.69 Å². The second-order valence-corrected chi connectivity index (χ2v) is 10.4. The number of nitrogens with one attached hydrogen (secondary N) is 1. The van der Waals surface area contributed by atoms with Crippen LogP contribution < -0.4 is 5.32 Å². The van der Waals surface area contributed by atoms with Crippen LogP contribution in [-0.2, 0) is 6.54 Å². The van der Waals surface area contributed by atoms with Crippen molar-refractivity contribution in [2.24, 2.45) is 11.8 Å². The molecule has 4 aromatic rings. The van der Waals surface area contributed by atoms with Crippen LogP contribution in [0.5, 0.6) is 0 Å². The van der Waals surface area contributed by atoms with Crippen LogP contribution in [0.3, 0.4) is 0 Å². The fourth-order valence-electron chi connectivity index (χ4n) is 5.42. The number of halogens is 3. The van der Waals surface area contributed by atoms with E-state index in [0.29, 0.717) is 24.9 Å². The monoisotopic (exact) mass is 551 g/mol. The molecular formula is C27H24BrF2N5O. The predicted octanol–water partition coefficient (Wildman–Crippen LogP) is 5.64. The lowest BCUT2D eigenvalue weighted by atomic mass is 10.0. The van der Waals surface area contributed by atoms with Gasteiger partial charge in [0.2, 0.25) is 0 Å². The number of urea groups is 1. The third kappa shape index (κ3) is 4.37. The van der Waals surface area contributed by atoms with Crippen molar-refractivity contribution in [3.05, 3.63) is 88.7 Å². The Morgan fingerprint density at radius 3 is 2.47 bits per heavy atom. The molecule has 0 aliphatic carbocycles. The van der Waals surface area contributed by atoms with Crippen molar-refractivity contribution >= 4 is 33.3 Å². The Balaban J connectivity index is 1.15. The van der Waals surface area contributed by atoms with E-state index in [9.17, 15) is 13.6 Å². The van der Waals surface area contributed by atoms with Gasteiger partial charge < -0.3 is 14.6 Å². The molecule has 4 heterocycles. The number of fused-ring (bicyclic) bond motifs is 2. The zero-order valence-corrected chi connectivity index (χ0v) is 21.0. The number of imidazole rings is 1. The van der Waals surface area contributed by atoms with E-state index in [-0.39, 0.29) is 11.7 Å². The minimum Gasteiger partial charge on any atom is -0.324 e. The highest BCUT2D eigenvalue weighted by Gasteiger charge is 2.42. The minimum atomic E-state index is -0.775. The number of carbonyl (C=O) groups is 1. The first kappa shape index (κ1) is 23.1. The molecule has 6 rings (SSSR count). The Morgan fingerprint density at radius 2 is 1.75 bits per heavy atom. The Hall–Kier alpha value is -3.30. The van der Waals surface area contributed by atoms with E-state index in [2.05, 4.69) is 48.9 Å². The van der Waals surface area contributed by atoms with Gasteiger partial charge in [0.05, 0.1) is 17.1 Å². The molecule has 184 valence electrons. The molecule has 0 spiro atoms. The number of benzene rings is 2. The standard InChI is InChI=1S/C27H24BrF2N5O/c28-20-6-4-17(5-7-20)26-24(35-10-2-1-3-25(35)32-26)16-33-12-18-14-34(15-19(18)13-33)27(36)31-23-9-8-21(29)11-22(23)30/h1-11,18-19H,12-16H2,(H,31,36). The number of hydrogen-bond acceptors (Lipinski definition) is 3. The van der Waals surface area contributed by atoms with Crippen LogP contribution in [0.2, 0.25) is 0 Å². The van der Waals surface area contributed by atoms with Crippen LogP contribution in [0.25, 0.3) is 16.9 Å². The smallest absolute Gasteiger partial charge is 0.321 e. The summed E-state index contributed by atoms with van der Waals surface area (Å²) in [6.07, 6.45) is 2.05. The topological polar surface area (TPSA) is 52.9 Å².